The average Bonchev–Trinajstić information content (AvgIpc) is 3.24. The van der Waals surface area contributed by atoms with E-state index in [0.717, 1.165) is 36.5 Å². The van der Waals surface area contributed by atoms with Crippen LogP contribution in [-0.4, -0.2) is 60.9 Å². The van der Waals surface area contributed by atoms with Gasteiger partial charge in [0, 0.05) is 42.6 Å². The lowest BCUT2D eigenvalue weighted by atomic mass is 10.1. The highest BCUT2D eigenvalue weighted by atomic mass is 79.9. The highest BCUT2D eigenvalue weighted by Gasteiger charge is 2.44. The summed E-state index contributed by atoms with van der Waals surface area (Å²) in [5.41, 5.74) is 0.416. The molecule has 2 fully saturated rings. The minimum atomic E-state index is -0.427. The summed E-state index contributed by atoms with van der Waals surface area (Å²) in [5, 5.41) is 0.457. The van der Waals surface area contributed by atoms with Gasteiger partial charge in [-0.2, -0.15) is 0 Å². The van der Waals surface area contributed by atoms with Crippen molar-refractivity contribution in [1.29, 1.82) is 0 Å². The molecule has 0 saturated carbocycles. The Morgan fingerprint density at radius 3 is 2.59 bits per heavy atom. The number of ether oxygens (including phenoxy) is 1. The lowest BCUT2D eigenvalue weighted by Crippen LogP contribution is -2.52. The van der Waals surface area contributed by atoms with Gasteiger partial charge in [0.25, 0.3) is 5.91 Å². The normalized spacial score (nSPS) is 21.2. The molecule has 1 unspecified atom stereocenters. The fourth-order valence-electron chi connectivity index (χ4n) is 3.88. The van der Waals surface area contributed by atoms with Crippen molar-refractivity contribution in [2.24, 2.45) is 0 Å². The predicted octanol–water partition coefficient (Wildman–Crippen LogP) is 3.62. The monoisotopic (exact) mass is 497 g/mol. The van der Waals surface area contributed by atoms with E-state index < -0.39 is 6.04 Å². The number of piperazine rings is 1. The van der Waals surface area contributed by atoms with E-state index in [2.05, 4.69) is 37.9 Å². The molecule has 0 N–H and O–H groups in total. The maximum Gasteiger partial charge on any atom is 0.251 e. The molecule has 2 amide bonds. The molecule has 1 aromatic carbocycles. The van der Waals surface area contributed by atoms with Crippen LogP contribution in [0, 0.1) is 0 Å². The number of amides is 2. The van der Waals surface area contributed by atoms with Crippen LogP contribution < -0.4 is 9.64 Å². The first-order valence-corrected chi connectivity index (χ1v) is 11.4. The molecule has 1 aromatic heterocycles. The standard InChI is InChI=1S/C20H21BrClN3O3S/c1-28-17-4-2-13(22)10-15(17)25-19(26)11-16(20(25)27)24-8-6-23(7-9-24)12-14-3-5-18(21)29-14/h2-5,10,16H,6-9,11-12H2,1H3. The Balaban J connectivity index is 1.43. The Morgan fingerprint density at radius 1 is 1.17 bits per heavy atom. The Kier molecular flexibility index (Phi) is 6.27. The van der Waals surface area contributed by atoms with Crippen LogP contribution >= 0.6 is 38.9 Å². The molecule has 9 heteroatoms. The molecular formula is C20H21BrClN3O3S. The number of nitrogens with zero attached hydrogens (tertiary/aromatic N) is 3. The van der Waals surface area contributed by atoms with Crippen molar-refractivity contribution >= 4 is 56.4 Å². The van der Waals surface area contributed by atoms with E-state index in [-0.39, 0.29) is 18.2 Å². The largest absolute Gasteiger partial charge is 0.495 e. The van der Waals surface area contributed by atoms with E-state index in [1.807, 2.05) is 0 Å². The third-order valence-electron chi connectivity index (χ3n) is 5.36. The summed E-state index contributed by atoms with van der Waals surface area (Å²) in [4.78, 5) is 32.9. The number of halogens is 2. The van der Waals surface area contributed by atoms with Crippen LogP contribution in [0.25, 0.3) is 0 Å². The number of anilines is 1. The van der Waals surface area contributed by atoms with Gasteiger partial charge < -0.3 is 4.74 Å². The van der Waals surface area contributed by atoms with Crippen LogP contribution in [0.1, 0.15) is 11.3 Å². The van der Waals surface area contributed by atoms with Crippen LogP contribution in [0.4, 0.5) is 5.69 Å². The third-order valence-corrected chi connectivity index (χ3v) is 7.20. The maximum absolute atomic E-state index is 13.1. The Labute approximate surface area is 187 Å². The van der Waals surface area contributed by atoms with Crippen molar-refractivity contribution in [3.8, 4) is 5.75 Å². The lowest BCUT2D eigenvalue weighted by Gasteiger charge is -2.36. The predicted molar refractivity (Wildman–Crippen MR) is 118 cm³/mol. The highest BCUT2D eigenvalue weighted by molar-refractivity contribution is 9.11. The minimum absolute atomic E-state index is 0.187. The van der Waals surface area contributed by atoms with E-state index in [4.69, 9.17) is 16.3 Å². The molecular weight excluding hydrogens is 478 g/mol. The summed E-state index contributed by atoms with van der Waals surface area (Å²) >= 11 is 11.3. The van der Waals surface area contributed by atoms with Crippen molar-refractivity contribution in [2.45, 2.75) is 19.0 Å². The Hall–Kier alpha value is -1.45. The number of hydrogen-bond acceptors (Lipinski definition) is 6. The average molecular weight is 499 g/mol. The summed E-state index contributed by atoms with van der Waals surface area (Å²) < 4.78 is 6.47. The van der Waals surface area contributed by atoms with Crippen molar-refractivity contribution in [2.75, 3.05) is 38.2 Å². The van der Waals surface area contributed by atoms with Gasteiger partial charge >= 0.3 is 0 Å². The summed E-state index contributed by atoms with van der Waals surface area (Å²) in [7, 11) is 1.51. The summed E-state index contributed by atoms with van der Waals surface area (Å²) in [6.45, 7) is 4.17. The van der Waals surface area contributed by atoms with Crippen LogP contribution in [0.3, 0.4) is 0 Å². The number of thiophene rings is 1. The van der Waals surface area contributed by atoms with Gasteiger partial charge in [-0.3, -0.25) is 19.4 Å². The molecule has 2 aliphatic heterocycles. The number of imide groups is 1. The zero-order valence-electron chi connectivity index (χ0n) is 15.9. The number of methoxy groups -OCH3 is 1. The van der Waals surface area contributed by atoms with Gasteiger partial charge in [0.15, 0.2) is 0 Å². The number of carbonyl (C=O) groups excluding carboxylic acids is 2. The smallest absolute Gasteiger partial charge is 0.251 e. The van der Waals surface area contributed by atoms with Crippen molar-refractivity contribution < 1.29 is 14.3 Å². The second-order valence-electron chi connectivity index (χ2n) is 7.12. The molecule has 0 bridgehead atoms. The van der Waals surface area contributed by atoms with Crippen molar-refractivity contribution in [3.63, 3.8) is 0 Å². The molecule has 4 rings (SSSR count). The van der Waals surface area contributed by atoms with Crippen LogP contribution in [-0.2, 0) is 16.1 Å². The van der Waals surface area contributed by atoms with E-state index >= 15 is 0 Å². The highest BCUT2D eigenvalue weighted by Crippen LogP contribution is 2.35. The zero-order valence-corrected chi connectivity index (χ0v) is 19.1. The van der Waals surface area contributed by atoms with Crippen LogP contribution in [0.15, 0.2) is 34.1 Å². The summed E-state index contributed by atoms with van der Waals surface area (Å²) in [5.74, 6) is 0.0429. The van der Waals surface area contributed by atoms with Gasteiger partial charge in [-0.15, -0.1) is 11.3 Å². The molecule has 2 aliphatic rings. The SMILES string of the molecule is COc1ccc(Cl)cc1N1C(=O)CC(N2CCN(Cc3ccc(Br)s3)CC2)C1=O. The van der Waals surface area contributed by atoms with E-state index in [1.54, 1.807) is 29.5 Å². The van der Waals surface area contributed by atoms with Gasteiger partial charge in [0.05, 0.1) is 29.0 Å². The molecule has 0 spiro atoms. The van der Waals surface area contributed by atoms with Gasteiger partial charge in [-0.05, 0) is 46.3 Å². The van der Waals surface area contributed by atoms with Gasteiger partial charge in [-0.25, -0.2) is 4.90 Å². The van der Waals surface area contributed by atoms with Crippen molar-refractivity contribution in [1.82, 2.24) is 9.80 Å². The second kappa shape index (κ2) is 8.73. The van der Waals surface area contributed by atoms with E-state index in [9.17, 15) is 9.59 Å². The quantitative estimate of drug-likeness (QED) is 0.590. The number of benzene rings is 1. The van der Waals surface area contributed by atoms with E-state index in [1.165, 1.54) is 16.9 Å². The lowest BCUT2D eigenvalue weighted by molar-refractivity contribution is -0.123. The molecule has 29 heavy (non-hydrogen) atoms. The molecule has 0 aliphatic carbocycles. The third kappa shape index (κ3) is 4.36. The molecule has 2 saturated heterocycles. The van der Waals surface area contributed by atoms with Crippen LogP contribution in [0.5, 0.6) is 5.75 Å². The minimum Gasteiger partial charge on any atom is -0.495 e. The number of hydrogen-bond donors (Lipinski definition) is 0. The Bertz CT molecular complexity index is 929. The molecule has 2 aromatic rings. The van der Waals surface area contributed by atoms with Crippen molar-refractivity contribution in [3.05, 3.63) is 44.0 Å². The topological polar surface area (TPSA) is 53.1 Å². The first kappa shape index (κ1) is 20.8. The first-order chi connectivity index (χ1) is 14.0. The van der Waals surface area contributed by atoms with Gasteiger partial charge in [-0.1, -0.05) is 11.6 Å². The fourth-order valence-corrected chi connectivity index (χ4v) is 5.57. The fraction of sp³-hybridized carbons (Fsp3) is 0.400. The molecule has 1 atom stereocenters. The molecule has 3 heterocycles. The molecule has 154 valence electrons. The first-order valence-electron chi connectivity index (χ1n) is 9.37. The molecule has 6 nitrogen and oxygen atoms in total. The summed E-state index contributed by atoms with van der Waals surface area (Å²) in [6, 6.07) is 8.74. The maximum atomic E-state index is 13.1. The Morgan fingerprint density at radius 2 is 1.93 bits per heavy atom. The van der Waals surface area contributed by atoms with E-state index in [0.29, 0.717) is 16.5 Å². The zero-order chi connectivity index (χ0) is 20.5. The van der Waals surface area contributed by atoms with Gasteiger partial charge in [0.1, 0.15) is 5.75 Å². The van der Waals surface area contributed by atoms with Gasteiger partial charge in [0.2, 0.25) is 5.91 Å². The van der Waals surface area contributed by atoms with Crippen LogP contribution in [0.2, 0.25) is 5.02 Å². The molecule has 0 radical (unpaired) electrons. The number of rotatable bonds is 5. The summed E-state index contributed by atoms with van der Waals surface area (Å²) in [6.07, 6.45) is 0.187. The second-order valence-corrected chi connectivity index (χ2v) is 10.1. The number of carbonyl (C=O) groups is 2.